The van der Waals surface area contributed by atoms with Gasteiger partial charge in [0.2, 0.25) is 0 Å². The molecule has 4 heteroatoms. The summed E-state index contributed by atoms with van der Waals surface area (Å²) in [6.07, 6.45) is 0. The maximum Gasteiger partial charge on any atom is 0.129 e. The van der Waals surface area contributed by atoms with E-state index in [1.807, 2.05) is 0 Å². The van der Waals surface area contributed by atoms with Gasteiger partial charge in [0.1, 0.15) is 17.3 Å². The topological polar surface area (TPSA) is 18.5 Å². The Hall–Kier alpha value is -1.74. The van der Waals surface area contributed by atoms with Crippen molar-refractivity contribution >= 4 is 11.6 Å². The summed E-state index contributed by atoms with van der Waals surface area (Å²) in [7, 11) is 3.05. The van der Waals surface area contributed by atoms with Crippen molar-refractivity contribution in [3.63, 3.8) is 0 Å². The molecule has 2 nitrogen and oxygen atoms in total. The van der Waals surface area contributed by atoms with Gasteiger partial charge in [-0.05, 0) is 24.3 Å². The molecule has 0 fully saturated rings. The van der Waals surface area contributed by atoms with Gasteiger partial charge in [0, 0.05) is 17.2 Å². The van der Waals surface area contributed by atoms with Gasteiger partial charge in [-0.2, -0.15) is 0 Å². The monoisotopic (exact) mass is 266 g/mol. The zero-order valence-corrected chi connectivity index (χ0v) is 10.8. The van der Waals surface area contributed by atoms with Crippen LogP contribution in [0.4, 0.5) is 4.39 Å². The van der Waals surface area contributed by atoms with Crippen LogP contribution in [0.3, 0.4) is 0 Å². The van der Waals surface area contributed by atoms with E-state index in [0.29, 0.717) is 27.6 Å². The highest BCUT2D eigenvalue weighted by Gasteiger charge is 2.15. The lowest BCUT2D eigenvalue weighted by molar-refractivity contribution is 0.408. The molecule has 0 amide bonds. The van der Waals surface area contributed by atoms with Gasteiger partial charge in [-0.15, -0.1) is 0 Å². The fourth-order valence-corrected chi connectivity index (χ4v) is 2.08. The number of halogens is 2. The van der Waals surface area contributed by atoms with Crippen molar-refractivity contribution in [3.8, 4) is 22.6 Å². The van der Waals surface area contributed by atoms with E-state index >= 15 is 0 Å². The van der Waals surface area contributed by atoms with E-state index in [4.69, 9.17) is 21.1 Å². The molecule has 2 aromatic carbocycles. The van der Waals surface area contributed by atoms with Gasteiger partial charge in [-0.1, -0.05) is 17.7 Å². The predicted molar refractivity (Wildman–Crippen MR) is 70.0 cm³/mol. The summed E-state index contributed by atoms with van der Waals surface area (Å²) in [6, 6.07) is 9.64. The standard InChI is InChI=1S/C14H12ClFO2/c1-17-12-5-3-4-11(15)14(12)10-7-6-9(16)8-13(10)18-2/h3-8H,1-2H3. The summed E-state index contributed by atoms with van der Waals surface area (Å²) >= 11 is 6.18. The summed E-state index contributed by atoms with van der Waals surface area (Å²) in [6.45, 7) is 0. The minimum absolute atomic E-state index is 0.360. The molecule has 2 aromatic rings. The first-order valence-corrected chi connectivity index (χ1v) is 5.71. The molecule has 2 rings (SSSR count). The third-order valence-corrected chi connectivity index (χ3v) is 2.94. The van der Waals surface area contributed by atoms with E-state index < -0.39 is 0 Å². The van der Waals surface area contributed by atoms with Gasteiger partial charge < -0.3 is 9.47 Å². The zero-order chi connectivity index (χ0) is 13.1. The molecule has 0 atom stereocenters. The van der Waals surface area contributed by atoms with Gasteiger partial charge in [-0.3, -0.25) is 0 Å². The SMILES string of the molecule is COc1cc(F)ccc1-c1c(Cl)cccc1OC. The molecule has 0 aliphatic carbocycles. The van der Waals surface area contributed by atoms with Crippen molar-refractivity contribution in [2.45, 2.75) is 0 Å². The van der Waals surface area contributed by atoms with Gasteiger partial charge in [0.05, 0.1) is 19.2 Å². The van der Waals surface area contributed by atoms with E-state index in [0.717, 1.165) is 0 Å². The number of methoxy groups -OCH3 is 2. The Morgan fingerprint density at radius 3 is 2.39 bits per heavy atom. The largest absolute Gasteiger partial charge is 0.496 e. The van der Waals surface area contributed by atoms with E-state index in [1.165, 1.54) is 19.2 Å². The average molecular weight is 267 g/mol. The van der Waals surface area contributed by atoms with Gasteiger partial charge in [0.25, 0.3) is 0 Å². The predicted octanol–water partition coefficient (Wildman–Crippen LogP) is 4.16. The Kier molecular flexibility index (Phi) is 3.72. The second-order valence-corrected chi connectivity index (χ2v) is 4.07. The van der Waals surface area contributed by atoms with Crippen molar-refractivity contribution < 1.29 is 13.9 Å². The van der Waals surface area contributed by atoms with E-state index in [-0.39, 0.29) is 5.82 Å². The summed E-state index contributed by atoms with van der Waals surface area (Å²) < 4.78 is 23.6. The molecule has 0 aliphatic rings. The van der Waals surface area contributed by atoms with Crippen LogP contribution in [0.15, 0.2) is 36.4 Å². The van der Waals surface area contributed by atoms with E-state index in [1.54, 1.807) is 31.4 Å². The maximum atomic E-state index is 13.2. The first-order valence-electron chi connectivity index (χ1n) is 5.33. The van der Waals surface area contributed by atoms with Gasteiger partial charge in [0.15, 0.2) is 0 Å². The Morgan fingerprint density at radius 1 is 1.00 bits per heavy atom. The Morgan fingerprint density at radius 2 is 1.72 bits per heavy atom. The van der Waals surface area contributed by atoms with Crippen LogP contribution in [0.2, 0.25) is 5.02 Å². The van der Waals surface area contributed by atoms with Crippen molar-refractivity contribution in [3.05, 3.63) is 47.2 Å². The fourth-order valence-electron chi connectivity index (χ4n) is 1.81. The lowest BCUT2D eigenvalue weighted by atomic mass is 10.0. The summed E-state index contributed by atoms with van der Waals surface area (Å²) in [4.78, 5) is 0. The summed E-state index contributed by atoms with van der Waals surface area (Å²) in [5, 5.41) is 0.527. The minimum Gasteiger partial charge on any atom is -0.496 e. The van der Waals surface area contributed by atoms with Crippen LogP contribution in [0.1, 0.15) is 0 Å². The Labute approximate surface area is 110 Å². The number of hydrogen-bond donors (Lipinski definition) is 0. The molecule has 0 bridgehead atoms. The van der Waals surface area contributed by atoms with Crippen molar-refractivity contribution in [1.29, 1.82) is 0 Å². The van der Waals surface area contributed by atoms with Gasteiger partial charge in [-0.25, -0.2) is 4.39 Å². The molecule has 94 valence electrons. The third-order valence-electron chi connectivity index (χ3n) is 2.63. The molecule has 0 saturated carbocycles. The third kappa shape index (κ3) is 2.27. The van der Waals surface area contributed by atoms with Crippen LogP contribution in [0.25, 0.3) is 11.1 Å². The molecule has 0 unspecified atom stereocenters. The highest BCUT2D eigenvalue weighted by atomic mass is 35.5. The number of ether oxygens (including phenoxy) is 2. The Bertz CT molecular complexity index is 570. The molecule has 0 N–H and O–H groups in total. The molecule has 0 aliphatic heterocycles. The number of rotatable bonds is 3. The van der Waals surface area contributed by atoms with Crippen molar-refractivity contribution in [2.75, 3.05) is 14.2 Å². The molecular formula is C14H12ClFO2. The summed E-state index contributed by atoms with van der Waals surface area (Å²) in [5.41, 5.74) is 1.39. The molecule has 0 radical (unpaired) electrons. The van der Waals surface area contributed by atoms with Crippen LogP contribution >= 0.6 is 11.6 Å². The quantitative estimate of drug-likeness (QED) is 0.830. The molecule has 18 heavy (non-hydrogen) atoms. The van der Waals surface area contributed by atoms with Crippen LogP contribution in [-0.4, -0.2) is 14.2 Å². The zero-order valence-electron chi connectivity index (χ0n) is 10.0. The average Bonchev–Trinajstić information content (AvgIpc) is 2.38. The number of benzene rings is 2. The summed E-state index contributed by atoms with van der Waals surface area (Å²) in [5.74, 6) is 0.676. The number of hydrogen-bond acceptors (Lipinski definition) is 2. The normalized spacial score (nSPS) is 10.2. The Balaban J connectivity index is 2.68. The lowest BCUT2D eigenvalue weighted by Crippen LogP contribution is -1.93. The highest BCUT2D eigenvalue weighted by molar-refractivity contribution is 6.33. The van der Waals surface area contributed by atoms with Crippen molar-refractivity contribution in [1.82, 2.24) is 0 Å². The van der Waals surface area contributed by atoms with Crippen molar-refractivity contribution in [2.24, 2.45) is 0 Å². The van der Waals surface area contributed by atoms with Crippen LogP contribution in [-0.2, 0) is 0 Å². The second kappa shape index (κ2) is 5.27. The molecule has 0 spiro atoms. The van der Waals surface area contributed by atoms with Crippen LogP contribution in [0.5, 0.6) is 11.5 Å². The minimum atomic E-state index is -0.360. The molecule has 0 heterocycles. The molecular weight excluding hydrogens is 255 g/mol. The lowest BCUT2D eigenvalue weighted by Gasteiger charge is -2.13. The van der Waals surface area contributed by atoms with E-state index in [9.17, 15) is 4.39 Å². The van der Waals surface area contributed by atoms with Gasteiger partial charge >= 0.3 is 0 Å². The highest BCUT2D eigenvalue weighted by Crippen LogP contribution is 2.41. The fraction of sp³-hybridized carbons (Fsp3) is 0.143. The van der Waals surface area contributed by atoms with Crippen LogP contribution in [0, 0.1) is 5.82 Å². The molecule has 0 aromatic heterocycles. The smallest absolute Gasteiger partial charge is 0.129 e. The maximum absolute atomic E-state index is 13.2. The second-order valence-electron chi connectivity index (χ2n) is 3.66. The van der Waals surface area contributed by atoms with E-state index in [2.05, 4.69) is 0 Å². The van der Waals surface area contributed by atoms with Crippen LogP contribution < -0.4 is 9.47 Å². The first kappa shape index (κ1) is 12.7. The first-order chi connectivity index (χ1) is 8.67. The molecule has 0 saturated heterocycles.